The highest BCUT2D eigenvalue weighted by Crippen LogP contribution is 2.16. The molecular formula is C13H20N2O2S. The smallest absolute Gasteiger partial charge is 0.253 e. The maximum atomic E-state index is 12.1. The fourth-order valence-electron chi connectivity index (χ4n) is 1.76. The SMILES string of the molecule is CNc1ccc(C)cc1C(=O)NC(C)CS(C)=O. The number of hydrogen-bond donors (Lipinski definition) is 2. The average molecular weight is 268 g/mol. The highest BCUT2D eigenvalue weighted by molar-refractivity contribution is 7.84. The molecular weight excluding hydrogens is 248 g/mol. The first-order chi connectivity index (χ1) is 8.43. The third-order valence-electron chi connectivity index (χ3n) is 2.55. The van der Waals surface area contributed by atoms with Gasteiger partial charge in [0.05, 0.1) is 5.56 Å². The predicted molar refractivity (Wildman–Crippen MR) is 76.6 cm³/mol. The van der Waals surface area contributed by atoms with Gasteiger partial charge in [-0.25, -0.2) is 0 Å². The summed E-state index contributed by atoms with van der Waals surface area (Å²) in [5.74, 6) is 0.327. The van der Waals surface area contributed by atoms with Crippen LogP contribution < -0.4 is 10.6 Å². The van der Waals surface area contributed by atoms with E-state index >= 15 is 0 Å². The van der Waals surface area contributed by atoms with Crippen molar-refractivity contribution in [2.24, 2.45) is 0 Å². The van der Waals surface area contributed by atoms with Crippen LogP contribution in [0.2, 0.25) is 0 Å². The van der Waals surface area contributed by atoms with Crippen molar-refractivity contribution < 1.29 is 9.00 Å². The maximum Gasteiger partial charge on any atom is 0.253 e. The minimum Gasteiger partial charge on any atom is -0.387 e. The van der Waals surface area contributed by atoms with Gasteiger partial charge in [0.15, 0.2) is 0 Å². The average Bonchev–Trinajstić information content (AvgIpc) is 2.27. The molecule has 0 heterocycles. The summed E-state index contributed by atoms with van der Waals surface area (Å²) >= 11 is 0. The van der Waals surface area contributed by atoms with Crippen molar-refractivity contribution in [1.82, 2.24) is 5.32 Å². The van der Waals surface area contributed by atoms with Crippen molar-refractivity contribution >= 4 is 22.4 Å². The summed E-state index contributed by atoms with van der Waals surface area (Å²) in [6.07, 6.45) is 1.63. The third-order valence-corrected chi connectivity index (χ3v) is 3.52. The molecule has 0 spiro atoms. The topological polar surface area (TPSA) is 58.2 Å². The Labute approximate surface area is 111 Å². The number of aryl methyl sites for hydroxylation is 1. The summed E-state index contributed by atoms with van der Waals surface area (Å²) in [7, 11) is 0.873. The lowest BCUT2D eigenvalue weighted by molar-refractivity contribution is 0.0944. The predicted octanol–water partition coefficient (Wildman–Crippen LogP) is 1.53. The van der Waals surface area contributed by atoms with Crippen LogP contribution in [0.25, 0.3) is 0 Å². The molecule has 0 fully saturated rings. The fourth-order valence-corrected chi connectivity index (χ4v) is 2.55. The molecule has 1 aromatic carbocycles. The zero-order chi connectivity index (χ0) is 13.7. The number of benzene rings is 1. The quantitative estimate of drug-likeness (QED) is 0.851. The van der Waals surface area contributed by atoms with Crippen LogP contribution in [0.1, 0.15) is 22.8 Å². The van der Waals surface area contributed by atoms with E-state index in [-0.39, 0.29) is 11.9 Å². The Balaban J connectivity index is 2.83. The first-order valence-corrected chi connectivity index (χ1v) is 7.56. The Kier molecular flexibility index (Phi) is 5.34. The summed E-state index contributed by atoms with van der Waals surface area (Å²) in [5.41, 5.74) is 2.44. The molecule has 1 rings (SSSR count). The first-order valence-electron chi connectivity index (χ1n) is 5.83. The van der Waals surface area contributed by atoms with Crippen LogP contribution in [0.5, 0.6) is 0 Å². The van der Waals surface area contributed by atoms with Crippen molar-refractivity contribution in [3.8, 4) is 0 Å². The van der Waals surface area contributed by atoms with Crippen LogP contribution >= 0.6 is 0 Å². The van der Waals surface area contributed by atoms with Crippen molar-refractivity contribution in [2.75, 3.05) is 24.4 Å². The van der Waals surface area contributed by atoms with Gasteiger partial charge in [-0.3, -0.25) is 9.00 Å². The van der Waals surface area contributed by atoms with Gasteiger partial charge in [0.2, 0.25) is 0 Å². The van der Waals surface area contributed by atoms with Gasteiger partial charge in [0.1, 0.15) is 0 Å². The molecule has 2 atom stereocenters. The van der Waals surface area contributed by atoms with E-state index in [1.807, 2.05) is 32.0 Å². The molecule has 0 aliphatic rings. The van der Waals surface area contributed by atoms with Gasteiger partial charge in [0.25, 0.3) is 5.91 Å². The molecule has 0 aliphatic carbocycles. The minimum absolute atomic E-state index is 0.103. The number of anilines is 1. The van der Waals surface area contributed by atoms with Crippen LogP contribution in [-0.2, 0) is 10.8 Å². The van der Waals surface area contributed by atoms with Gasteiger partial charge < -0.3 is 10.6 Å². The molecule has 0 aliphatic heterocycles. The van der Waals surface area contributed by atoms with E-state index in [2.05, 4.69) is 10.6 Å². The van der Waals surface area contributed by atoms with Crippen LogP contribution in [-0.4, -0.2) is 35.2 Å². The second kappa shape index (κ2) is 6.54. The fraction of sp³-hybridized carbons (Fsp3) is 0.462. The Bertz CT molecular complexity index is 460. The number of carbonyl (C=O) groups is 1. The van der Waals surface area contributed by atoms with Gasteiger partial charge in [-0.05, 0) is 26.0 Å². The normalized spacial score (nSPS) is 13.8. The van der Waals surface area contributed by atoms with E-state index < -0.39 is 10.8 Å². The lowest BCUT2D eigenvalue weighted by atomic mass is 10.1. The second-order valence-corrected chi connectivity index (χ2v) is 5.89. The molecule has 0 saturated heterocycles. The second-order valence-electron chi connectivity index (χ2n) is 4.41. The van der Waals surface area contributed by atoms with Crippen LogP contribution in [0, 0.1) is 6.92 Å². The van der Waals surface area contributed by atoms with Crippen LogP contribution in [0.4, 0.5) is 5.69 Å². The molecule has 100 valence electrons. The van der Waals surface area contributed by atoms with E-state index in [4.69, 9.17) is 0 Å². The minimum atomic E-state index is -0.910. The molecule has 2 unspecified atom stereocenters. The van der Waals surface area contributed by atoms with Crippen molar-refractivity contribution in [2.45, 2.75) is 19.9 Å². The zero-order valence-electron chi connectivity index (χ0n) is 11.2. The van der Waals surface area contributed by atoms with Crippen molar-refractivity contribution in [3.05, 3.63) is 29.3 Å². The van der Waals surface area contributed by atoms with Gasteiger partial charge in [-0.15, -0.1) is 0 Å². The number of nitrogens with one attached hydrogen (secondary N) is 2. The highest BCUT2D eigenvalue weighted by atomic mass is 32.2. The van der Waals surface area contributed by atoms with E-state index in [1.165, 1.54) is 0 Å². The molecule has 5 heteroatoms. The molecule has 2 N–H and O–H groups in total. The largest absolute Gasteiger partial charge is 0.387 e. The van der Waals surface area contributed by atoms with E-state index in [9.17, 15) is 9.00 Å². The highest BCUT2D eigenvalue weighted by Gasteiger charge is 2.14. The van der Waals surface area contributed by atoms with E-state index in [1.54, 1.807) is 13.3 Å². The number of carbonyl (C=O) groups excluding carboxylic acids is 1. The summed E-state index contributed by atoms with van der Waals surface area (Å²) in [5, 5.41) is 5.85. The van der Waals surface area contributed by atoms with E-state index in [0.29, 0.717) is 11.3 Å². The van der Waals surface area contributed by atoms with Gasteiger partial charge in [-0.2, -0.15) is 0 Å². The molecule has 18 heavy (non-hydrogen) atoms. The molecule has 4 nitrogen and oxygen atoms in total. The lowest BCUT2D eigenvalue weighted by Gasteiger charge is -2.15. The molecule has 0 aromatic heterocycles. The van der Waals surface area contributed by atoms with E-state index in [0.717, 1.165) is 11.3 Å². The van der Waals surface area contributed by atoms with Crippen LogP contribution in [0.15, 0.2) is 18.2 Å². The number of rotatable bonds is 5. The maximum absolute atomic E-state index is 12.1. The molecule has 0 radical (unpaired) electrons. The number of amides is 1. The summed E-state index contributed by atoms with van der Waals surface area (Å²) in [4.78, 5) is 12.1. The monoisotopic (exact) mass is 268 g/mol. The van der Waals surface area contributed by atoms with Crippen molar-refractivity contribution in [1.29, 1.82) is 0 Å². The molecule has 0 saturated carbocycles. The van der Waals surface area contributed by atoms with Crippen LogP contribution in [0.3, 0.4) is 0 Å². The van der Waals surface area contributed by atoms with Crippen molar-refractivity contribution in [3.63, 3.8) is 0 Å². The number of hydrogen-bond acceptors (Lipinski definition) is 3. The van der Waals surface area contributed by atoms with Gasteiger partial charge in [-0.1, -0.05) is 11.6 Å². The summed E-state index contributed by atoms with van der Waals surface area (Å²) < 4.78 is 11.1. The molecule has 1 aromatic rings. The van der Waals surface area contributed by atoms with Gasteiger partial charge >= 0.3 is 0 Å². The Hall–Kier alpha value is -1.36. The lowest BCUT2D eigenvalue weighted by Crippen LogP contribution is -2.36. The Morgan fingerprint density at radius 2 is 2.11 bits per heavy atom. The third kappa shape index (κ3) is 4.14. The first kappa shape index (κ1) is 14.7. The summed E-state index contributed by atoms with van der Waals surface area (Å²) in [6, 6.07) is 5.57. The standard InChI is InChI=1S/C13H20N2O2S/c1-9-5-6-12(14-3)11(7-9)13(16)15-10(2)8-18(4)17/h5-7,10,14H,8H2,1-4H3,(H,15,16). The zero-order valence-corrected chi connectivity index (χ0v) is 12.1. The molecule has 0 bridgehead atoms. The summed E-state index contributed by atoms with van der Waals surface area (Å²) in [6.45, 7) is 3.80. The Morgan fingerprint density at radius 3 is 2.67 bits per heavy atom. The molecule has 1 amide bonds. The Morgan fingerprint density at radius 1 is 1.44 bits per heavy atom. The van der Waals surface area contributed by atoms with Gasteiger partial charge in [0, 0.05) is 41.6 Å².